The molecule has 3 aromatic rings. The van der Waals surface area contributed by atoms with E-state index in [2.05, 4.69) is 0 Å². The molecular weight excluding hydrogens is 526 g/mol. The molecule has 198 valence electrons. The molecule has 7 nitrogen and oxygen atoms in total. The molecule has 2 aliphatic heterocycles. The molecule has 38 heavy (non-hydrogen) atoms. The first-order valence-corrected chi connectivity index (χ1v) is 12.5. The lowest BCUT2D eigenvalue weighted by molar-refractivity contribution is -0.173. The van der Waals surface area contributed by atoms with E-state index in [1.54, 1.807) is 24.3 Å². The molecular formula is C26H21F4N3O4S. The number of thioether (sulfide) groups is 1. The van der Waals surface area contributed by atoms with Crippen LogP contribution in [-0.2, 0) is 10.5 Å². The van der Waals surface area contributed by atoms with Crippen LogP contribution in [0.3, 0.4) is 0 Å². The summed E-state index contributed by atoms with van der Waals surface area (Å²) in [5.41, 5.74) is 0.256. The Labute approximate surface area is 218 Å². The number of hydrogen-bond acceptors (Lipinski definition) is 6. The van der Waals surface area contributed by atoms with E-state index in [-0.39, 0.29) is 5.56 Å². The Morgan fingerprint density at radius 3 is 2.55 bits per heavy atom. The average Bonchev–Trinajstić information content (AvgIpc) is 3.03. The van der Waals surface area contributed by atoms with E-state index in [4.69, 9.17) is 4.74 Å². The number of nitrogens with zero attached hydrogens (tertiary/aromatic N) is 3. The lowest BCUT2D eigenvalue weighted by Gasteiger charge is -2.46. The summed E-state index contributed by atoms with van der Waals surface area (Å²) in [6.45, 7) is 1.24. The second-order valence-electron chi connectivity index (χ2n) is 8.91. The number of benzene rings is 2. The molecule has 0 unspecified atom stereocenters. The van der Waals surface area contributed by atoms with Crippen molar-refractivity contribution in [3.63, 3.8) is 0 Å². The van der Waals surface area contributed by atoms with Gasteiger partial charge < -0.3 is 9.64 Å². The summed E-state index contributed by atoms with van der Waals surface area (Å²) in [5.74, 6) is -2.87. The zero-order valence-corrected chi connectivity index (χ0v) is 21.0. The second kappa shape index (κ2) is 9.50. The van der Waals surface area contributed by atoms with Crippen molar-refractivity contribution in [2.75, 3.05) is 11.7 Å². The summed E-state index contributed by atoms with van der Waals surface area (Å²) >= 11 is 1.39. The van der Waals surface area contributed by atoms with Crippen LogP contribution in [0.2, 0.25) is 0 Å². The Hall–Kier alpha value is -3.80. The number of hydrogen-bond donors (Lipinski definition) is 0. The van der Waals surface area contributed by atoms with Gasteiger partial charge >= 0.3 is 12.1 Å². The molecule has 2 atom stereocenters. The summed E-state index contributed by atoms with van der Waals surface area (Å²) in [7, 11) is 0. The molecule has 0 spiro atoms. The fourth-order valence-electron chi connectivity index (χ4n) is 4.73. The zero-order valence-electron chi connectivity index (χ0n) is 20.2. The Bertz CT molecular complexity index is 1510. The van der Waals surface area contributed by atoms with Crippen molar-refractivity contribution in [3.05, 3.63) is 93.2 Å². The van der Waals surface area contributed by atoms with E-state index >= 15 is 4.39 Å². The van der Waals surface area contributed by atoms with E-state index in [1.807, 2.05) is 12.1 Å². The predicted molar refractivity (Wildman–Crippen MR) is 131 cm³/mol. The van der Waals surface area contributed by atoms with Gasteiger partial charge in [0.1, 0.15) is 24.6 Å². The molecule has 1 aromatic heterocycles. The van der Waals surface area contributed by atoms with Gasteiger partial charge in [0.15, 0.2) is 5.69 Å². The Kier molecular flexibility index (Phi) is 6.46. The van der Waals surface area contributed by atoms with Gasteiger partial charge in [0.2, 0.25) is 11.2 Å². The second-order valence-corrected chi connectivity index (χ2v) is 9.93. The van der Waals surface area contributed by atoms with Gasteiger partial charge in [0, 0.05) is 35.4 Å². The topological polar surface area (TPSA) is 71.8 Å². The lowest BCUT2D eigenvalue weighted by atomic mass is 9.94. The van der Waals surface area contributed by atoms with Gasteiger partial charge in [-0.1, -0.05) is 30.3 Å². The number of alkyl halides is 3. The normalized spacial score (nSPS) is 17.7. The first-order chi connectivity index (χ1) is 18.0. The highest BCUT2D eigenvalue weighted by atomic mass is 32.2. The van der Waals surface area contributed by atoms with Gasteiger partial charge in [0.05, 0.1) is 0 Å². The molecule has 0 saturated heterocycles. The van der Waals surface area contributed by atoms with Gasteiger partial charge in [0.25, 0.3) is 5.91 Å². The minimum absolute atomic E-state index is 0.218. The van der Waals surface area contributed by atoms with Gasteiger partial charge in [-0.05, 0) is 30.2 Å². The number of fused-ring (bicyclic) bond motifs is 3. The molecule has 0 saturated carbocycles. The molecule has 0 aliphatic carbocycles. The van der Waals surface area contributed by atoms with E-state index in [1.165, 1.54) is 33.7 Å². The molecule has 0 N–H and O–H groups in total. The van der Waals surface area contributed by atoms with Crippen LogP contribution in [0, 0.1) is 5.82 Å². The van der Waals surface area contributed by atoms with Crippen LogP contribution in [-0.4, -0.2) is 40.3 Å². The predicted octanol–water partition coefficient (Wildman–Crippen LogP) is 4.61. The maximum absolute atomic E-state index is 15.5. The van der Waals surface area contributed by atoms with Gasteiger partial charge in [-0.2, -0.15) is 13.2 Å². The quantitative estimate of drug-likeness (QED) is 0.353. The van der Waals surface area contributed by atoms with Crippen LogP contribution in [0.4, 0.5) is 17.6 Å². The molecule has 2 aliphatic rings. The first kappa shape index (κ1) is 25.8. The molecule has 12 heteroatoms. The molecule has 2 aromatic carbocycles. The van der Waals surface area contributed by atoms with Crippen LogP contribution in [0.1, 0.15) is 47.1 Å². The third-order valence-corrected chi connectivity index (χ3v) is 7.70. The van der Waals surface area contributed by atoms with Crippen LogP contribution in [0.5, 0.6) is 5.75 Å². The van der Waals surface area contributed by atoms with Crippen LogP contribution in [0.25, 0.3) is 0 Å². The number of carbonyl (C=O) groups excluding carboxylic acids is 2. The maximum Gasteiger partial charge on any atom is 0.408 e. The van der Waals surface area contributed by atoms with Crippen molar-refractivity contribution < 1.29 is 31.9 Å². The van der Waals surface area contributed by atoms with Crippen molar-refractivity contribution in [2.24, 2.45) is 0 Å². The fraction of sp³-hybridized carbons (Fsp3) is 0.269. The fourth-order valence-corrected chi connectivity index (χ4v) is 5.84. The summed E-state index contributed by atoms with van der Waals surface area (Å²) in [5, 5.41) is 1.39. The van der Waals surface area contributed by atoms with Gasteiger partial charge in [-0.3, -0.25) is 24.1 Å². The van der Waals surface area contributed by atoms with Crippen molar-refractivity contribution in [2.45, 2.75) is 42.8 Å². The minimum atomic E-state index is -4.81. The van der Waals surface area contributed by atoms with E-state index in [0.717, 1.165) is 25.5 Å². The number of aromatic nitrogens is 1. The zero-order chi connectivity index (χ0) is 27.4. The van der Waals surface area contributed by atoms with Crippen molar-refractivity contribution in [1.29, 1.82) is 0 Å². The minimum Gasteiger partial charge on any atom is -0.420 e. The third kappa shape index (κ3) is 4.32. The summed E-state index contributed by atoms with van der Waals surface area (Å²) < 4.78 is 63.5. The molecule has 5 rings (SSSR count). The number of amides is 1. The molecule has 0 radical (unpaired) electrons. The van der Waals surface area contributed by atoms with Crippen molar-refractivity contribution in [1.82, 2.24) is 9.58 Å². The number of halogens is 4. The highest BCUT2D eigenvalue weighted by Crippen LogP contribution is 2.44. The Morgan fingerprint density at radius 2 is 1.84 bits per heavy atom. The van der Waals surface area contributed by atoms with E-state index in [0.29, 0.717) is 21.1 Å². The largest absolute Gasteiger partial charge is 0.420 e. The summed E-state index contributed by atoms with van der Waals surface area (Å²) in [4.78, 5) is 39.1. The number of esters is 1. The smallest absolute Gasteiger partial charge is 0.408 e. The average molecular weight is 548 g/mol. The van der Waals surface area contributed by atoms with E-state index < -0.39 is 59.5 Å². The third-order valence-electron chi connectivity index (χ3n) is 6.58. The Morgan fingerprint density at radius 1 is 1.11 bits per heavy atom. The number of pyridine rings is 1. The number of rotatable bonds is 3. The van der Waals surface area contributed by atoms with Crippen LogP contribution >= 0.6 is 11.8 Å². The maximum atomic E-state index is 15.5. The van der Waals surface area contributed by atoms with Crippen LogP contribution in [0.15, 0.2) is 64.4 Å². The summed E-state index contributed by atoms with van der Waals surface area (Å²) in [6.07, 6.45) is -3.58. The molecule has 0 bridgehead atoms. The SMILES string of the molecule is CC(=O)Oc1c2n(ccc1=O)N([C@H]1c3ccccc3CSc3cccc(F)c31)CN([C@H](C)C(F)(F)F)C2=O. The van der Waals surface area contributed by atoms with E-state index in [9.17, 15) is 27.6 Å². The van der Waals surface area contributed by atoms with Crippen molar-refractivity contribution in [3.8, 4) is 5.75 Å². The number of carbonyl (C=O) groups is 2. The molecule has 1 amide bonds. The first-order valence-electron chi connectivity index (χ1n) is 11.6. The molecule has 3 heterocycles. The van der Waals surface area contributed by atoms with Gasteiger partial charge in [-0.15, -0.1) is 11.8 Å². The standard InChI is InChI=1S/C26H21F4N3O4S/c1-14(26(28,29)30)31-13-33(32-11-10-19(35)24(37-15(2)34)23(32)25(31)36)22-17-7-4-3-6-16(17)12-38-20-9-5-8-18(27)21(20)22/h3-11,14,22H,12-13H2,1-2H3/t14-,22+/m1/s1. The summed E-state index contributed by atoms with van der Waals surface area (Å²) in [6, 6.07) is 9.49. The van der Waals surface area contributed by atoms with Gasteiger partial charge in [-0.25, -0.2) is 4.39 Å². The lowest BCUT2D eigenvalue weighted by Crippen LogP contribution is -2.60. The molecule has 0 fully saturated rings. The highest BCUT2D eigenvalue weighted by Gasteiger charge is 2.48. The highest BCUT2D eigenvalue weighted by molar-refractivity contribution is 7.98. The Balaban J connectivity index is 1.82. The van der Waals surface area contributed by atoms with Crippen LogP contribution < -0.4 is 15.2 Å². The number of ether oxygens (including phenoxy) is 1. The van der Waals surface area contributed by atoms with Crippen molar-refractivity contribution >= 4 is 23.6 Å². The monoisotopic (exact) mass is 547 g/mol.